The Balaban J connectivity index is -0.000000124. The maximum atomic E-state index is 9.85. The monoisotopic (exact) mass is 382 g/mol. The van der Waals surface area contributed by atoms with Crippen LogP contribution in [0.15, 0.2) is 0 Å². The molecule has 0 spiro atoms. The zero-order valence-electron chi connectivity index (χ0n) is 14.9. The molecule has 0 aromatic heterocycles. The Bertz CT molecular complexity index is 464. The van der Waals surface area contributed by atoms with E-state index in [0.29, 0.717) is 6.29 Å². The van der Waals surface area contributed by atoms with E-state index in [9.17, 15) is 28.8 Å². The van der Waals surface area contributed by atoms with Crippen molar-refractivity contribution in [3.8, 4) is 0 Å². The van der Waals surface area contributed by atoms with Gasteiger partial charge in [0.15, 0.2) is 0 Å². The summed E-state index contributed by atoms with van der Waals surface area (Å²) in [6.07, 6.45) is 0.391. The number of ketones is 1. The van der Waals surface area contributed by atoms with Crippen molar-refractivity contribution in [1.29, 1.82) is 0 Å². The number of rotatable bonds is 6. The molecule has 0 bridgehead atoms. The van der Waals surface area contributed by atoms with Crippen molar-refractivity contribution >= 4 is 35.9 Å². The molecule has 0 aliphatic rings. The van der Waals surface area contributed by atoms with E-state index in [1.54, 1.807) is 6.92 Å². The first-order chi connectivity index (χ1) is 11.6. The van der Waals surface area contributed by atoms with Gasteiger partial charge in [0.2, 0.25) is 5.78 Å². The van der Waals surface area contributed by atoms with E-state index in [1.165, 1.54) is 13.8 Å². The standard InChI is InChI=1S/C4H9NO2.C4H6O3.C3H7NO2.C3H4O3/c2*1-3(2-5)4(6)7;2*1-2(4)3(5)6/h3H,2,5H2,1H3,(H,6,7);2-3H,1H3,(H,6,7);2H,4H2,1H3,(H,5,6);1H3,(H,5,6)/t3-;;;/m0.../s1. The highest BCUT2D eigenvalue weighted by molar-refractivity contribution is 6.31. The summed E-state index contributed by atoms with van der Waals surface area (Å²) in [7, 11) is 0. The van der Waals surface area contributed by atoms with Gasteiger partial charge in [0, 0.05) is 13.5 Å². The Labute approximate surface area is 149 Å². The van der Waals surface area contributed by atoms with Crippen molar-refractivity contribution < 1.29 is 49.2 Å². The topological polar surface area (TPSA) is 235 Å². The van der Waals surface area contributed by atoms with Gasteiger partial charge in [-0.1, -0.05) is 6.92 Å². The summed E-state index contributed by atoms with van der Waals surface area (Å²) in [5.41, 5.74) is 9.83. The summed E-state index contributed by atoms with van der Waals surface area (Å²) in [5.74, 6) is -6.34. The Kier molecular flexibility index (Phi) is 22.0. The van der Waals surface area contributed by atoms with Gasteiger partial charge in [-0.25, -0.2) is 4.79 Å². The van der Waals surface area contributed by atoms with Gasteiger partial charge in [0.25, 0.3) is 0 Å². The first-order valence-corrected chi connectivity index (χ1v) is 6.98. The molecule has 0 aliphatic heterocycles. The van der Waals surface area contributed by atoms with Crippen LogP contribution in [-0.2, 0) is 28.8 Å². The van der Waals surface area contributed by atoms with Gasteiger partial charge < -0.3 is 36.7 Å². The first-order valence-electron chi connectivity index (χ1n) is 6.98. The van der Waals surface area contributed by atoms with Gasteiger partial charge in [0.1, 0.15) is 18.2 Å². The number of carboxylic acids is 4. The van der Waals surface area contributed by atoms with Crippen LogP contribution in [0, 0.1) is 11.8 Å². The maximum Gasteiger partial charge on any atom is 0.371 e. The Hall–Kier alpha value is -2.86. The smallest absolute Gasteiger partial charge is 0.371 e. The van der Waals surface area contributed by atoms with Gasteiger partial charge >= 0.3 is 23.9 Å². The number of Topliss-reactive ketones (excluding diaryl/α,β-unsaturated/α-hetero) is 1. The predicted octanol–water partition coefficient (Wildman–Crippen LogP) is -1.35. The number of hydrogen-bond acceptors (Lipinski definition) is 8. The van der Waals surface area contributed by atoms with Crippen LogP contribution in [0.25, 0.3) is 0 Å². The quantitative estimate of drug-likeness (QED) is 0.178. The molecule has 12 heteroatoms. The van der Waals surface area contributed by atoms with Crippen LogP contribution in [0.5, 0.6) is 0 Å². The van der Waals surface area contributed by atoms with Crippen molar-refractivity contribution in [3.05, 3.63) is 0 Å². The van der Waals surface area contributed by atoms with Crippen LogP contribution in [0.2, 0.25) is 0 Å². The lowest BCUT2D eigenvalue weighted by Crippen LogP contribution is -2.25. The summed E-state index contributed by atoms with van der Waals surface area (Å²) in [6, 6.07) is -0.731. The average molecular weight is 382 g/mol. The molecule has 0 radical (unpaired) electrons. The second-order valence-electron chi connectivity index (χ2n) is 4.73. The highest BCUT2D eigenvalue weighted by Gasteiger charge is 2.06. The number of aliphatic carboxylic acids is 4. The molecule has 0 aliphatic carbocycles. The summed E-state index contributed by atoms with van der Waals surface area (Å²) < 4.78 is 0. The molecule has 0 fully saturated rings. The zero-order chi connectivity index (χ0) is 22.0. The van der Waals surface area contributed by atoms with E-state index in [4.69, 9.17) is 31.9 Å². The Morgan fingerprint density at radius 1 is 0.885 bits per heavy atom. The molecule has 0 heterocycles. The van der Waals surface area contributed by atoms with Crippen molar-refractivity contribution in [1.82, 2.24) is 0 Å². The molecule has 8 N–H and O–H groups in total. The largest absolute Gasteiger partial charge is 0.481 e. The molecule has 0 amide bonds. The predicted molar refractivity (Wildman–Crippen MR) is 88.3 cm³/mol. The summed E-state index contributed by atoms with van der Waals surface area (Å²) in [5, 5.41) is 31.6. The van der Waals surface area contributed by atoms with Gasteiger partial charge in [-0.05, 0) is 13.8 Å². The molecule has 0 rings (SSSR count). The van der Waals surface area contributed by atoms with Crippen molar-refractivity contribution in [2.45, 2.75) is 33.7 Å². The van der Waals surface area contributed by atoms with Gasteiger partial charge in [-0.2, -0.15) is 0 Å². The molecule has 0 aromatic rings. The van der Waals surface area contributed by atoms with Gasteiger partial charge in [0.05, 0.1) is 5.92 Å². The number of carbonyl (C=O) groups is 6. The molecular weight excluding hydrogens is 356 g/mol. The van der Waals surface area contributed by atoms with Crippen LogP contribution in [0.1, 0.15) is 27.7 Å². The van der Waals surface area contributed by atoms with Gasteiger partial charge in [-0.15, -0.1) is 0 Å². The molecular formula is C14H26N2O10. The van der Waals surface area contributed by atoms with Crippen LogP contribution < -0.4 is 11.5 Å². The van der Waals surface area contributed by atoms with E-state index in [2.05, 4.69) is 0 Å². The minimum Gasteiger partial charge on any atom is -0.481 e. The maximum absolute atomic E-state index is 9.85. The second-order valence-corrected chi connectivity index (χ2v) is 4.73. The molecule has 0 aromatic carbocycles. The average Bonchev–Trinajstić information content (AvgIpc) is 2.54. The minimum atomic E-state index is -1.38. The highest BCUT2D eigenvalue weighted by atomic mass is 16.4. The lowest BCUT2D eigenvalue weighted by atomic mass is 10.2. The summed E-state index contributed by atoms with van der Waals surface area (Å²) >= 11 is 0. The van der Waals surface area contributed by atoms with E-state index in [0.717, 1.165) is 6.92 Å². The van der Waals surface area contributed by atoms with E-state index < -0.39 is 47.5 Å². The third-order valence-electron chi connectivity index (χ3n) is 2.06. The number of hydrogen-bond donors (Lipinski definition) is 6. The molecule has 26 heavy (non-hydrogen) atoms. The van der Waals surface area contributed by atoms with Gasteiger partial charge in [-0.3, -0.25) is 19.2 Å². The summed E-state index contributed by atoms with van der Waals surface area (Å²) in [6.45, 7) is 5.54. The molecule has 152 valence electrons. The fourth-order valence-corrected chi connectivity index (χ4v) is 0.159. The van der Waals surface area contributed by atoms with E-state index in [1.807, 2.05) is 0 Å². The molecule has 0 saturated carbocycles. The fourth-order valence-electron chi connectivity index (χ4n) is 0.159. The first kappa shape index (κ1) is 31.0. The zero-order valence-corrected chi connectivity index (χ0v) is 14.9. The molecule has 2 unspecified atom stereocenters. The Morgan fingerprint density at radius 2 is 1.19 bits per heavy atom. The number of carboxylic acid groups (broad SMARTS) is 4. The highest BCUT2D eigenvalue weighted by Crippen LogP contribution is 1.87. The SMILES string of the molecule is CC(=O)C(=O)O.CC(C=O)C(=O)O.CC(N)C(=O)O.C[C@@H](CN)C(=O)O. The molecule has 3 atom stereocenters. The summed E-state index contributed by atoms with van der Waals surface area (Å²) in [4.78, 5) is 57.6. The van der Waals surface area contributed by atoms with Crippen molar-refractivity contribution in [2.24, 2.45) is 23.3 Å². The number of nitrogens with two attached hydrogens (primary N) is 2. The van der Waals surface area contributed by atoms with Crippen LogP contribution in [0.3, 0.4) is 0 Å². The fraction of sp³-hybridized carbons (Fsp3) is 0.571. The Morgan fingerprint density at radius 3 is 1.19 bits per heavy atom. The number of carbonyl (C=O) groups excluding carboxylic acids is 2. The minimum absolute atomic E-state index is 0.218. The second kappa shape index (κ2) is 18.5. The lowest BCUT2D eigenvalue weighted by Gasteiger charge is -1.96. The normalized spacial score (nSPS) is 11.9. The van der Waals surface area contributed by atoms with Crippen LogP contribution >= 0.6 is 0 Å². The van der Waals surface area contributed by atoms with Crippen molar-refractivity contribution in [3.63, 3.8) is 0 Å². The molecule has 12 nitrogen and oxygen atoms in total. The van der Waals surface area contributed by atoms with Crippen LogP contribution in [-0.4, -0.2) is 69.0 Å². The number of aldehydes is 1. The van der Waals surface area contributed by atoms with E-state index in [-0.39, 0.29) is 6.54 Å². The van der Waals surface area contributed by atoms with Crippen LogP contribution in [0.4, 0.5) is 0 Å². The third kappa shape index (κ3) is 29.2. The lowest BCUT2D eigenvalue weighted by molar-refractivity contribution is -0.148. The van der Waals surface area contributed by atoms with Crippen molar-refractivity contribution in [2.75, 3.05) is 6.54 Å². The molecule has 0 saturated heterocycles. The van der Waals surface area contributed by atoms with E-state index >= 15 is 0 Å². The third-order valence-corrected chi connectivity index (χ3v) is 2.06.